The average molecular weight is 510 g/mol. The third-order valence-electron chi connectivity index (χ3n) is 4.74. The zero-order chi connectivity index (χ0) is 23.3. The number of benzene rings is 2. The predicted molar refractivity (Wildman–Crippen MR) is 128 cm³/mol. The van der Waals surface area contributed by atoms with Crippen LogP contribution in [0.5, 0.6) is 5.75 Å². The summed E-state index contributed by atoms with van der Waals surface area (Å²) in [5, 5.41) is 3.48. The van der Waals surface area contributed by atoms with Gasteiger partial charge in [-0.3, -0.25) is 9.59 Å². The van der Waals surface area contributed by atoms with Gasteiger partial charge in [-0.1, -0.05) is 45.7 Å². The second kappa shape index (κ2) is 10.5. The molecule has 0 aliphatic rings. The van der Waals surface area contributed by atoms with Gasteiger partial charge in [-0.2, -0.15) is 0 Å². The van der Waals surface area contributed by atoms with Gasteiger partial charge in [0.25, 0.3) is 5.91 Å². The van der Waals surface area contributed by atoms with Crippen molar-refractivity contribution in [3.8, 4) is 5.75 Å². The highest BCUT2D eigenvalue weighted by Gasteiger charge is 2.29. The average Bonchev–Trinajstić information content (AvgIpc) is 2.67. The number of carbonyl (C=O) groups is 2. The van der Waals surface area contributed by atoms with Gasteiger partial charge >= 0.3 is 0 Å². The van der Waals surface area contributed by atoms with Crippen molar-refractivity contribution in [1.29, 1.82) is 0 Å². The highest BCUT2D eigenvalue weighted by atomic mass is 79.9. The lowest BCUT2D eigenvalue weighted by Gasteiger charge is -2.31. The highest BCUT2D eigenvalue weighted by Crippen LogP contribution is 2.26. The Hall–Kier alpha value is -2.05. The fourth-order valence-electron chi connectivity index (χ4n) is 3.08. The van der Waals surface area contributed by atoms with Crippen molar-refractivity contribution in [3.63, 3.8) is 0 Å². The third-order valence-corrected chi connectivity index (χ3v) is 6.36. The fraction of sp³-hybridized carbons (Fsp3) is 0.417. The summed E-state index contributed by atoms with van der Waals surface area (Å²) in [6, 6.07) is 10.3. The first-order valence-electron chi connectivity index (χ1n) is 10.1. The molecular weight excluding hydrogens is 480 g/mol. The summed E-state index contributed by atoms with van der Waals surface area (Å²) in [5.74, 6) is 0.0778. The summed E-state index contributed by atoms with van der Waals surface area (Å²) in [6.07, 6.45) is 0. The summed E-state index contributed by atoms with van der Waals surface area (Å²) in [5.41, 5.74) is 2.40. The number of nitrogens with zero attached hydrogens (tertiary/aromatic N) is 1. The molecular formula is C24H30BrClN2O3. The van der Waals surface area contributed by atoms with Gasteiger partial charge < -0.3 is 15.0 Å². The molecule has 0 bridgehead atoms. The Labute approximate surface area is 198 Å². The number of ether oxygens (including phenoxy) is 1. The number of nitrogens with one attached hydrogen (secondary N) is 1. The molecule has 0 aliphatic carbocycles. The molecule has 31 heavy (non-hydrogen) atoms. The van der Waals surface area contributed by atoms with Crippen LogP contribution < -0.4 is 10.1 Å². The summed E-state index contributed by atoms with van der Waals surface area (Å²) in [7, 11) is 0. The molecule has 2 rings (SSSR count). The Morgan fingerprint density at radius 2 is 1.74 bits per heavy atom. The molecule has 0 radical (unpaired) electrons. The SMILES string of the molecule is Cc1cc(OCC(=O)N(Cc2ccccc2Cl)[C@@H](C)C(=O)NC(C)(C)C)cc(C)c1Br. The second-order valence-electron chi connectivity index (χ2n) is 8.69. The van der Waals surface area contributed by atoms with Crippen molar-refractivity contribution in [2.45, 2.75) is 59.7 Å². The molecule has 7 heteroatoms. The van der Waals surface area contributed by atoms with Crippen molar-refractivity contribution in [3.05, 3.63) is 62.6 Å². The number of carbonyl (C=O) groups excluding carboxylic acids is 2. The van der Waals surface area contributed by atoms with E-state index in [1.54, 1.807) is 13.0 Å². The van der Waals surface area contributed by atoms with Gasteiger partial charge in [0, 0.05) is 21.6 Å². The molecule has 1 N–H and O–H groups in total. The van der Waals surface area contributed by atoms with Gasteiger partial charge in [0.1, 0.15) is 11.8 Å². The number of aryl methyl sites for hydroxylation is 2. The summed E-state index contributed by atoms with van der Waals surface area (Å²) >= 11 is 9.84. The van der Waals surface area contributed by atoms with Crippen molar-refractivity contribution in [2.24, 2.45) is 0 Å². The molecule has 0 fully saturated rings. The molecule has 0 saturated carbocycles. The molecule has 0 aliphatic heterocycles. The van der Waals surface area contributed by atoms with Crippen LogP contribution in [0.2, 0.25) is 5.02 Å². The van der Waals surface area contributed by atoms with Crippen LogP contribution in [0.3, 0.4) is 0 Å². The largest absolute Gasteiger partial charge is 0.484 e. The number of halogens is 2. The van der Waals surface area contributed by atoms with Crippen LogP contribution in [0.15, 0.2) is 40.9 Å². The van der Waals surface area contributed by atoms with Crippen molar-refractivity contribution in [2.75, 3.05) is 6.61 Å². The maximum Gasteiger partial charge on any atom is 0.261 e. The van der Waals surface area contributed by atoms with E-state index in [1.165, 1.54) is 4.90 Å². The molecule has 1 atom stereocenters. The maximum atomic E-state index is 13.1. The summed E-state index contributed by atoms with van der Waals surface area (Å²) in [4.78, 5) is 27.4. The van der Waals surface area contributed by atoms with Crippen molar-refractivity contribution in [1.82, 2.24) is 10.2 Å². The van der Waals surface area contributed by atoms with Crippen molar-refractivity contribution < 1.29 is 14.3 Å². The van der Waals surface area contributed by atoms with E-state index in [1.807, 2.05) is 65.0 Å². The van der Waals surface area contributed by atoms with Gasteiger partial charge in [-0.25, -0.2) is 0 Å². The highest BCUT2D eigenvalue weighted by molar-refractivity contribution is 9.10. The molecule has 0 spiro atoms. The first-order valence-corrected chi connectivity index (χ1v) is 11.3. The fourth-order valence-corrected chi connectivity index (χ4v) is 3.51. The topological polar surface area (TPSA) is 58.6 Å². The molecule has 2 aromatic carbocycles. The minimum absolute atomic E-state index is 0.182. The third kappa shape index (κ3) is 7.25. The minimum Gasteiger partial charge on any atom is -0.484 e. The molecule has 0 unspecified atom stereocenters. The number of rotatable bonds is 7. The second-order valence-corrected chi connectivity index (χ2v) is 9.89. The van der Waals surface area contributed by atoms with Gasteiger partial charge in [0.05, 0.1) is 0 Å². The maximum absolute atomic E-state index is 13.1. The smallest absolute Gasteiger partial charge is 0.261 e. The van der Waals surface area contributed by atoms with Crippen LogP contribution in [0.1, 0.15) is 44.4 Å². The summed E-state index contributed by atoms with van der Waals surface area (Å²) in [6.45, 7) is 11.4. The molecule has 2 amide bonds. The Morgan fingerprint density at radius 3 is 2.29 bits per heavy atom. The lowest BCUT2D eigenvalue weighted by molar-refractivity contribution is -0.142. The summed E-state index contributed by atoms with van der Waals surface area (Å²) < 4.78 is 6.80. The molecule has 2 aromatic rings. The van der Waals surface area contributed by atoms with E-state index in [4.69, 9.17) is 16.3 Å². The first-order chi connectivity index (χ1) is 14.4. The molecule has 0 aromatic heterocycles. The zero-order valence-electron chi connectivity index (χ0n) is 18.9. The Bertz CT molecular complexity index is 933. The van der Waals surface area contributed by atoms with Gasteiger partial charge in [0.15, 0.2) is 6.61 Å². The van der Waals surface area contributed by atoms with Crippen LogP contribution in [-0.2, 0) is 16.1 Å². The lowest BCUT2D eigenvalue weighted by atomic mass is 10.1. The van der Waals surface area contributed by atoms with Crippen LogP contribution in [0.25, 0.3) is 0 Å². The predicted octanol–water partition coefficient (Wildman–Crippen LogP) is 5.43. The standard InChI is InChI=1S/C24H30BrClN2O3/c1-15-11-19(12-16(2)22(15)25)31-14-21(29)28(13-18-9-7-8-10-20(18)26)17(3)23(30)27-24(4,5)6/h7-12,17H,13-14H2,1-6H3,(H,27,30)/t17-/m0/s1. The van der Waals surface area contributed by atoms with Gasteiger partial charge in [0.2, 0.25) is 5.91 Å². The van der Waals surface area contributed by atoms with Crippen LogP contribution in [0, 0.1) is 13.8 Å². The van der Waals surface area contributed by atoms with Crippen LogP contribution in [-0.4, -0.2) is 34.9 Å². The molecule has 0 saturated heterocycles. The van der Waals surface area contributed by atoms with Gasteiger partial charge in [-0.15, -0.1) is 0 Å². The quantitative estimate of drug-likeness (QED) is 0.541. The first kappa shape index (κ1) is 25.2. The Balaban J connectivity index is 2.23. The van der Waals surface area contributed by atoms with Gasteiger partial charge in [-0.05, 0) is 76.4 Å². The van der Waals surface area contributed by atoms with Crippen LogP contribution >= 0.6 is 27.5 Å². The van der Waals surface area contributed by atoms with Crippen molar-refractivity contribution >= 4 is 39.3 Å². The molecule has 5 nitrogen and oxygen atoms in total. The van der Waals surface area contributed by atoms with E-state index in [0.29, 0.717) is 10.8 Å². The lowest BCUT2D eigenvalue weighted by Crippen LogP contribution is -2.53. The molecule has 168 valence electrons. The Kier molecular flexibility index (Phi) is 8.55. The monoisotopic (exact) mass is 508 g/mol. The molecule has 0 heterocycles. The Morgan fingerprint density at radius 1 is 1.16 bits per heavy atom. The zero-order valence-corrected chi connectivity index (χ0v) is 21.2. The minimum atomic E-state index is -0.694. The normalized spacial score (nSPS) is 12.3. The number of hydrogen-bond donors (Lipinski definition) is 1. The van der Waals surface area contributed by atoms with Crippen LogP contribution in [0.4, 0.5) is 0 Å². The van der Waals surface area contributed by atoms with E-state index in [9.17, 15) is 9.59 Å². The number of hydrogen-bond acceptors (Lipinski definition) is 3. The van der Waals surface area contributed by atoms with E-state index in [-0.39, 0.29) is 25.0 Å². The van der Waals surface area contributed by atoms with E-state index in [2.05, 4.69) is 21.2 Å². The number of amides is 2. The van der Waals surface area contributed by atoms with E-state index in [0.717, 1.165) is 21.2 Å². The van der Waals surface area contributed by atoms with E-state index >= 15 is 0 Å². The van der Waals surface area contributed by atoms with E-state index < -0.39 is 11.6 Å².